The predicted octanol–water partition coefficient (Wildman–Crippen LogP) is 2.88. The van der Waals surface area contributed by atoms with Gasteiger partial charge in [-0.2, -0.15) is 0 Å². The first-order chi connectivity index (χ1) is 5.27. The fraction of sp³-hybridized carbons (Fsp3) is 0.500. The summed E-state index contributed by atoms with van der Waals surface area (Å²) >= 11 is 0. The van der Waals surface area contributed by atoms with Crippen molar-refractivity contribution >= 4 is 5.78 Å². The molecule has 0 unspecified atom stereocenters. The average molecular weight is 152 g/mol. The van der Waals surface area contributed by atoms with Crippen LogP contribution in [0.5, 0.6) is 0 Å². The number of ketones is 1. The van der Waals surface area contributed by atoms with Crippen LogP contribution in [0, 0.1) is 0 Å². The lowest BCUT2D eigenvalue weighted by Gasteiger charge is -1.83. The van der Waals surface area contributed by atoms with Gasteiger partial charge in [0, 0.05) is 6.42 Å². The molecule has 0 aromatic heterocycles. The Morgan fingerprint density at radius 2 is 1.82 bits per heavy atom. The summed E-state index contributed by atoms with van der Waals surface area (Å²) in [5.74, 6) is 0.223. The minimum absolute atomic E-state index is 0.223. The molecule has 0 aliphatic rings. The quantitative estimate of drug-likeness (QED) is 0.553. The molecule has 0 heterocycles. The zero-order valence-electron chi connectivity index (χ0n) is 7.34. The Labute approximate surface area is 68.8 Å². The summed E-state index contributed by atoms with van der Waals surface area (Å²) < 4.78 is 0. The fourth-order valence-corrected chi connectivity index (χ4v) is 0.687. The van der Waals surface area contributed by atoms with Crippen LogP contribution in [0.2, 0.25) is 0 Å². The third-order valence-corrected chi connectivity index (χ3v) is 1.25. The molecule has 0 fully saturated rings. The van der Waals surface area contributed by atoms with Crippen molar-refractivity contribution in [2.45, 2.75) is 33.1 Å². The molecule has 0 aliphatic carbocycles. The van der Waals surface area contributed by atoms with Crippen LogP contribution in [0.1, 0.15) is 33.1 Å². The monoisotopic (exact) mass is 152 g/mol. The fourth-order valence-electron chi connectivity index (χ4n) is 0.687. The highest BCUT2D eigenvalue weighted by Crippen LogP contribution is 1.91. The van der Waals surface area contributed by atoms with Gasteiger partial charge in [-0.15, -0.1) is 0 Å². The van der Waals surface area contributed by atoms with Crippen LogP contribution < -0.4 is 0 Å². The largest absolute Gasteiger partial charge is 0.300 e. The zero-order chi connectivity index (χ0) is 8.53. The minimum Gasteiger partial charge on any atom is -0.300 e. The van der Waals surface area contributed by atoms with Crippen LogP contribution >= 0.6 is 0 Å². The molecule has 1 nitrogen and oxygen atoms in total. The van der Waals surface area contributed by atoms with Crippen molar-refractivity contribution in [3.8, 4) is 0 Å². The van der Waals surface area contributed by atoms with E-state index >= 15 is 0 Å². The highest BCUT2D eigenvalue weighted by Gasteiger charge is 1.83. The second kappa shape index (κ2) is 7.26. The topological polar surface area (TPSA) is 17.1 Å². The molecule has 0 rings (SSSR count). The third-order valence-electron chi connectivity index (χ3n) is 1.25. The first-order valence-electron chi connectivity index (χ1n) is 4.06. The maximum absolute atomic E-state index is 10.5. The summed E-state index contributed by atoms with van der Waals surface area (Å²) in [4.78, 5) is 10.5. The van der Waals surface area contributed by atoms with Crippen LogP contribution in [0.25, 0.3) is 0 Å². The van der Waals surface area contributed by atoms with E-state index in [0.717, 1.165) is 12.8 Å². The van der Waals surface area contributed by atoms with Crippen LogP contribution in [0.15, 0.2) is 24.3 Å². The highest BCUT2D eigenvalue weighted by molar-refractivity contribution is 5.76. The van der Waals surface area contributed by atoms with Gasteiger partial charge < -0.3 is 0 Å². The number of allylic oxidation sites excluding steroid dienone is 4. The summed E-state index contributed by atoms with van der Waals surface area (Å²) in [6, 6.07) is 0. The SMILES string of the molecule is CCC=CCC=CCC(C)=O. The predicted molar refractivity (Wildman–Crippen MR) is 48.5 cm³/mol. The molecule has 0 aromatic rings. The van der Waals surface area contributed by atoms with E-state index in [1.165, 1.54) is 0 Å². The van der Waals surface area contributed by atoms with Gasteiger partial charge >= 0.3 is 0 Å². The van der Waals surface area contributed by atoms with Gasteiger partial charge in [0.05, 0.1) is 0 Å². The molecular formula is C10H16O. The van der Waals surface area contributed by atoms with E-state index in [9.17, 15) is 4.79 Å². The lowest BCUT2D eigenvalue weighted by molar-refractivity contribution is -0.116. The minimum atomic E-state index is 0.223. The molecule has 0 saturated heterocycles. The normalized spacial score (nSPS) is 11.5. The van der Waals surface area contributed by atoms with Gasteiger partial charge in [0.2, 0.25) is 0 Å². The summed E-state index contributed by atoms with van der Waals surface area (Å²) in [5.41, 5.74) is 0. The van der Waals surface area contributed by atoms with E-state index in [1.54, 1.807) is 6.92 Å². The Morgan fingerprint density at radius 1 is 1.18 bits per heavy atom. The number of carbonyl (C=O) groups excluding carboxylic acids is 1. The van der Waals surface area contributed by atoms with E-state index in [1.807, 2.05) is 12.2 Å². The zero-order valence-corrected chi connectivity index (χ0v) is 7.34. The van der Waals surface area contributed by atoms with Gasteiger partial charge in [0.15, 0.2) is 0 Å². The van der Waals surface area contributed by atoms with Gasteiger partial charge in [0.25, 0.3) is 0 Å². The van der Waals surface area contributed by atoms with E-state index in [0.29, 0.717) is 6.42 Å². The molecule has 62 valence electrons. The summed E-state index contributed by atoms with van der Waals surface area (Å²) in [6.07, 6.45) is 10.8. The number of carbonyl (C=O) groups is 1. The van der Waals surface area contributed by atoms with Gasteiger partial charge in [0.1, 0.15) is 5.78 Å². The second-order valence-electron chi connectivity index (χ2n) is 2.49. The first kappa shape index (κ1) is 10.2. The molecule has 0 radical (unpaired) electrons. The van der Waals surface area contributed by atoms with Crippen LogP contribution in [-0.2, 0) is 4.79 Å². The smallest absolute Gasteiger partial charge is 0.133 e. The lowest BCUT2D eigenvalue weighted by Crippen LogP contribution is -1.83. The maximum Gasteiger partial charge on any atom is 0.133 e. The number of hydrogen-bond acceptors (Lipinski definition) is 1. The van der Waals surface area contributed by atoms with Crippen LogP contribution in [0.4, 0.5) is 0 Å². The van der Waals surface area contributed by atoms with Gasteiger partial charge in [-0.05, 0) is 19.8 Å². The Balaban J connectivity index is 3.30. The first-order valence-corrected chi connectivity index (χ1v) is 4.06. The molecule has 0 amide bonds. The second-order valence-corrected chi connectivity index (χ2v) is 2.49. The Morgan fingerprint density at radius 3 is 2.36 bits per heavy atom. The summed E-state index contributed by atoms with van der Waals surface area (Å²) in [7, 11) is 0. The van der Waals surface area contributed by atoms with Crippen molar-refractivity contribution < 1.29 is 4.79 Å². The van der Waals surface area contributed by atoms with Crippen molar-refractivity contribution in [3.63, 3.8) is 0 Å². The Bertz CT molecular complexity index is 154. The van der Waals surface area contributed by atoms with Crippen molar-refractivity contribution in [1.82, 2.24) is 0 Å². The number of rotatable bonds is 5. The summed E-state index contributed by atoms with van der Waals surface area (Å²) in [5, 5.41) is 0. The molecule has 0 N–H and O–H groups in total. The molecule has 0 aliphatic heterocycles. The van der Waals surface area contributed by atoms with Gasteiger partial charge in [-0.1, -0.05) is 31.2 Å². The number of hydrogen-bond donors (Lipinski definition) is 0. The highest BCUT2D eigenvalue weighted by atomic mass is 16.1. The molecular weight excluding hydrogens is 136 g/mol. The lowest BCUT2D eigenvalue weighted by atomic mass is 10.2. The molecule has 0 aromatic carbocycles. The molecule has 1 heteroatoms. The Hall–Kier alpha value is -0.850. The van der Waals surface area contributed by atoms with Gasteiger partial charge in [-0.25, -0.2) is 0 Å². The number of Topliss-reactive ketones (excluding diaryl/α,β-unsaturated/α-hetero) is 1. The van der Waals surface area contributed by atoms with E-state index in [4.69, 9.17) is 0 Å². The van der Waals surface area contributed by atoms with E-state index in [2.05, 4.69) is 19.1 Å². The van der Waals surface area contributed by atoms with Crippen molar-refractivity contribution in [2.75, 3.05) is 0 Å². The Kier molecular flexibility index (Phi) is 6.70. The van der Waals surface area contributed by atoms with Crippen molar-refractivity contribution in [1.29, 1.82) is 0 Å². The third kappa shape index (κ3) is 9.15. The van der Waals surface area contributed by atoms with Crippen LogP contribution in [0.3, 0.4) is 0 Å². The van der Waals surface area contributed by atoms with Crippen molar-refractivity contribution in [3.05, 3.63) is 24.3 Å². The van der Waals surface area contributed by atoms with E-state index in [-0.39, 0.29) is 5.78 Å². The van der Waals surface area contributed by atoms with E-state index < -0.39 is 0 Å². The summed E-state index contributed by atoms with van der Waals surface area (Å²) in [6.45, 7) is 3.71. The molecule has 11 heavy (non-hydrogen) atoms. The molecule has 0 spiro atoms. The van der Waals surface area contributed by atoms with Gasteiger partial charge in [-0.3, -0.25) is 4.79 Å². The van der Waals surface area contributed by atoms with Crippen molar-refractivity contribution in [2.24, 2.45) is 0 Å². The molecule has 0 bridgehead atoms. The van der Waals surface area contributed by atoms with Crippen LogP contribution in [-0.4, -0.2) is 5.78 Å². The maximum atomic E-state index is 10.5. The molecule has 0 saturated carbocycles. The molecule has 0 atom stereocenters. The average Bonchev–Trinajstić information content (AvgIpc) is 1.96. The standard InChI is InChI=1S/C10H16O/c1-3-4-5-6-7-8-9-10(2)11/h4-5,7-8H,3,6,9H2,1-2H3.